The summed E-state index contributed by atoms with van der Waals surface area (Å²) in [6, 6.07) is 17.5. The minimum atomic E-state index is 0. The molecule has 0 saturated heterocycles. The lowest BCUT2D eigenvalue weighted by Crippen LogP contribution is -1.82. The second-order valence-electron chi connectivity index (χ2n) is 4.34. The predicted molar refractivity (Wildman–Crippen MR) is 81.9 cm³/mol. The fourth-order valence-electron chi connectivity index (χ4n) is 1.83. The average Bonchev–Trinajstić information content (AvgIpc) is 2.38. The molecule has 2 aromatic carbocycles. The van der Waals surface area contributed by atoms with Crippen molar-refractivity contribution in [3.8, 4) is 11.1 Å². The molecule has 0 aromatic heterocycles. The van der Waals surface area contributed by atoms with Crippen LogP contribution >= 0.6 is 0 Å². The van der Waals surface area contributed by atoms with Crippen LogP contribution in [0.15, 0.2) is 60.7 Å². The molecular formula is C18H22. The molecule has 0 nitrogen and oxygen atoms in total. The topological polar surface area (TPSA) is 0 Å². The van der Waals surface area contributed by atoms with Crippen LogP contribution in [0.1, 0.15) is 25.5 Å². The Balaban J connectivity index is 0.00000162. The van der Waals surface area contributed by atoms with E-state index in [4.69, 9.17) is 0 Å². The Bertz CT molecular complexity index is 487. The molecular weight excluding hydrogens is 216 g/mol. The van der Waals surface area contributed by atoms with E-state index in [1.807, 2.05) is 0 Å². The molecule has 0 heteroatoms. The summed E-state index contributed by atoms with van der Waals surface area (Å²) in [5.41, 5.74) is 5.24. The second kappa shape index (κ2) is 6.80. The van der Waals surface area contributed by atoms with Gasteiger partial charge in [-0.2, -0.15) is 0 Å². The summed E-state index contributed by atoms with van der Waals surface area (Å²) in [5, 5.41) is 0. The third kappa shape index (κ3) is 3.59. The third-order valence-electron chi connectivity index (χ3n) is 2.93. The van der Waals surface area contributed by atoms with Crippen LogP contribution in [-0.4, -0.2) is 0 Å². The maximum atomic E-state index is 2.20. The summed E-state index contributed by atoms with van der Waals surface area (Å²) in [4.78, 5) is 0. The highest BCUT2D eigenvalue weighted by atomic mass is 14.0. The van der Waals surface area contributed by atoms with Crippen molar-refractivity contribution in [3.63, 3.8) is 0 Å². The predicted octanol–water partition coefficient (Wildman–Crippen LogP) is 5.42. The van der Waals surface area contributed by atoms with Crippen molar-refractivity contribution in [2.24, 2.45) is 0 Å². The molecule has 0 saturated carbocycles. The summed E-state index contributed by atoms with van der Waals surface area (Å²) in [6.07, 6.45) is 5.29. The minimum absolute atomic E-state index is 0. The number of benzene rings is 2. The Hall–Kier alpha value is -1.82. The highest BCUT2D eigenvalue weighted by Crippen LogP contribution is 2.20. The molecule has 0 N–H and O–H groups in total. The van der Waals surface area contributed by atoms with Crippen molar-refractivity contribution in [1.29, 1.82) is 0 Å². The molecule has 2 aromatic rings. The Kier molecular flexibility index (Phi) is 5.38. The van der Waals surface area contributed by atoms with Crippen LogP contribution in [0.5, 0.6) is 0 Å². The van der Waals surface area contributed by atoms with Crippen molar-refractivity contribution in [3.05, 3.63) is 71.8 Å². The van der Waals surface area contributed by atoms with Gasteiger partial charge < -0.3 is 0 Å². The molecule has 0 aliphatic rings. The van der Waals surface area contributed by atoms with E-state index in [1.165, 1.54) is 22.3 Å². The average molecular weight is 238 g/mol. The van der Waals surface area contributed by atoms with E-state index in [0.29, 0.717) is 0 Å². The van der Waals surface area contributed by atoms with Gasteiger partial charge in [-0.15, -0.1) is 0 Å². The molecule has 0 radical (unpaired) electrons. The molecule has 0 spiro atoms. The Labute approximate surface area is 111 Å². The lowest BCUT2D eigenvalue weighted by Gasteiger charge is -2.03. The van der Waals surface area contributed by atoms with Gasteiger partial charge in [-0.25, -0.2) is 0 Å². The molecule has 0 heterocycles. The summed E-state index contributed by atoms with van der Waals surface area (Å²) in [7, 11) is 0. The number of allylic oxidation sites excluding steroid dienone is 2. The first kappa shape index (κ1) is 14.2. The molecule has 0 fully saturated rings. The zero-order valence-corrected chi connectivity index (χ0v) is 10.5. The van der Waals surface area contributed by atoms with E-state index < -0.39 is 0 Å². The SMILES string of the molecule is C.CC=CCc1ccc(-c2ccc(C)cc2)cc1. The highest BCUT2D eigenvalue weighted by Gasteiger charge is 1.97. The lowest BCUT2D eigenvalue weighted by molar-refractivity contribution is 1.26. The van der Waals surface area contributed by atoms with Crippen LogP contribution in [0.2, 0.25) is 0 Å². The normalized spacial score (nSPS) is 10.3. The van der Waals surface area contributed by atoms with Gasteiger partial charge >= 0.3 is 0 Å². The van der Waals surface area contributed by atoms with E-state index in [0.717, 1.165) is 6.42 Å². The number of aryl methyl sites for hydroxylation is 1. The fourth-order valence-corrected chi connectivity index (χ4v) is 1.83. The van der Waals surface area contributed by atoms with E-state index in [-0.39, 0.29) is 7.43 Å². The summed E-state index contributed by atoms with van der Waals surface area (Å²) >= 11 is 0. The molecule has 0 unspecified atom stereocenters. The number of rotatable bonds is 3. The molecule has 0 aliphatic carbocycles. The van der Waals surface area contributed by atoms with Crippen molar-refractivity contribution in [2.45, 2.75) is 27.7 Å². The van der Waals surface area contributed by atoms with Crippen LogP contribution in [-0.2, 0) is 6.42 Å². The summed E-state index contributed by atoms with van der Waals surface area (Å²) in [5.74, 6) is 0. The molecule has 0 aliphatic heterocycles. The molecule has 94 valence electrons. The highest BCUT2D eigenvalue weighted by molar-refractivity contribution is 5.63. The first-order valence-corrected chi connectivity index (χ1v) is 6.07. The molecule has 0 amide bonds. The van der Waals surface area contributed by atoms with Crippen molar-refractivity contribution in [1.82, 2.24) is 0 Å². The second-order valence-corrected chi connectivity index (χ2v) is 4.34. The monoisotopic (exact) mass is 238 g/mol. The number of hydrogen-bond acceptors (Lipinski definition) is 0. The van der Waals surface area contributed by atoms with E-state index in [1.54, 1.807) is 0 Å². The molecule has 0 atom stereocenters. The Morgan fingerprint density at radius 2 is 1.33 bits per heavy atom. The van der Waals surface area contributed by atoms with Crippen molar-refractivity contribution < 1.29 is 0 Å². The van der Waals surface area contributed by atoms with Gasteiger partial charge in [0.05, 0.1) is 0 Å². The standard InChI is InChI=1S/C17H18.CH4/c1-3-4-5-15-8-12-17(13-9-15)16-10-6-14(2)7-11-16;/h3-4,6-13H,5H2,1-2H3;1H4. The maximum Gasteiger partial charge on any atom is -0.00976 e. The van der Waals surface area contributed by atoms with Gasteiger partial charge in [-0.05, 0) is 37.0 Å². The molecule has 0 bridgehead atoms. The van der Waals surface area contributed by atoms with Crippen LogP contribution in [0.4, 0.5) is 0 Å². The van der Waals surface area contributed by atoms with Gasteiger partial charge in [-0.3, -0.25) is 0 Å². The Morgan fingerprint density at radius 3 is 1.83 bits per heavy atom. The smallest absolute Gasteiger partial charge is 0.00976 e. The van der Waals surface area contributed by atoms with Crippen molar-refractivity contribution >= 4 is 0 Å². The van der Waals surface area contributed by atoms with Gasteiger partial charge in [0.15, 0.2) is 0 Å². The fraction of sp³-hybridized carbons (Fsp3) is 0.222. The Morgan fingerprint density at radius 1 is 0.833 bits per heavy atom. The zero-order chi connectivity index (χ0) is 12.1. The lowest BCUT2D eigenvalue weighted by atomic mass is 10.0. The first-order valence-electron chi connectivity index (χ1n) is 6.07. The van der Waals surface area contributed by atoms with Gasteiger partial charge in [-0.1, -0.05) is 73.7 Å². The van der Waals surface area contributed by atoms with Crippen LogP contribution < -0.4 is 0 Å². The van der Waals surface area contributed by atoms with E-state index in [9.17, 15) is 0 Å². The van der Waals surface area contributed by atoms with Gasteiger partial charge in [0.2, 0.25) is 0 Å². The van der Waals surface area contributed by atoms with Crippen LogP contribution in [0.3, 0.4) is 0 Å². The third-order valence-corrected chi connectivity index (χ3v) is 2.93. The van der Waals surface area contributed by atoms with E-state index in [2.05, 4.69) is 74.5 Å². The van der Waals surface area contributed by atoms with Gasteiger partial charge in [0, 0.05) is 0 Å². The van der Waals surface area contributed by atoms with Crippen LogP contribution in [0.25, 0.3) is 11.1 Å². The maximum absolute atomic E-state index is 2.20. The zero-order valence-electron chi connectivity index (χ0n) is 10.5. The molecule has 2 rings (SSSR count). The summed E-state index contributed by atoms with van der Waals surface area (Å²) in [6.45, 7) is 4.17. The van der Waals surface area contributed by atoms with E-state index >= 15 is 0 Å². The number of hydrogen-bond donors (Lipinski definition) is 0. The molecule has 18 heavy (non-hydrogen) atoms. The first-order chi connectivity index (χ1) is 8.29. The van der Waals surface area contributed by atoms with Gasteiger partial charge in [0.1, 0.15) is 0 Å². The van der Waals surface area contributed by atoms with Gasteiger partial charge in [0.25, 0.3) is 0 Å². The van der Waals surface area contributed by atoms with Crippen LogP contribution in [0, 0.1) is 6.92 Å². The largest absolute Gasteiger partial charge is 0.0913 e. The van der Waals surface area contributed by atoms with Crippen molar-refractivity contribution in [2.75, 3.05) is 0 Å². The quantitative estimate of drug-likeness (QED) is 0.627. The summed E-state index contributed by atoms with van der Waals surface area (Å²) < 4.78 is 0. The minimum Gasteiger partial charge on any atom is -0.0913 e.